The molecule has 0 radical (unpaired) electrons. The minimum atomic E-state index is -3.10. The summed E-state index contributed by atoms with van der Waals surface area (Å²) in [4.78, 5) is 0. The van der Waals surface area contributed by atoms with Crippen LogP contribution in [0.1, 0.15) is 6.92 Å². The Bertz CT molecular complexity index is 306. The quantitative estimate of drug-likeness (QED) is 0.567. The van der Waals surface area contributed by atoms with E-state index in [1.54, 1.807) is 0 Å². The van der Waals surface area contributed by atoms with Gasteiger partial charge in [-0.1, -0.05) is 23.2 Å². The SMILES string of the molecule is CC1=C(Cl)C(Cl)C(F)(Cl)C(F)=C1F. The Kier molecular flexibility index (Phi) is 2.91. The average Bonchev–Trinajstić information content (AvgIpc) is 2.09. The van der Waals surface area contributed by atoms with Crippen molar-refractivity contribution in [3.63, 3.8) is 0 Å². The molecule has 2 atom stereocenters. The van der Waals surface area contributed by atoms with Crippen LogP contribution in [0.3, 0.4) is 0 Å². The monoisotopic (exact) mass is 250 g/mol. The highest BCUT2D eigenvalue weighted by molar-refractivity contribution is 6.42. The molecular formula is C7H4Cl3F3. The molecule has 0 fully saturated rings. The zero-order valence-corrected chi connectivity index (χ0v) is 8.61. The van der Waals surface area contributed by atoms with Crippen molar-refractivity contribution >= 4 is 34.8 Å². The molecule has 0 N–H and O–H groups in total. The zero-order chi connectivity index (χ0) is 10.4. The molecule has 0 heterocycles. The molecule has 0 aromatic rings. The van der Waals surface area contributed by atoms with Crippen LogP contribution in [-0.4, -0.2) is 10.5 Å². The lowest BCUT2D eigenvalue weighted by Gasteiger charge is -2.26. The lowest BCUT2D eigenvalue weighted by Crippen LogP contribution is -2.33. The van der Waals surface area contributed by atoms with Gasteiger partial charge < -0.3 is 0 Å². The number of alkyl halides is 3. The van der Waals surface area contributed by atoms with E-state index in [1.807, 2.05) is 0 Å². The van der Waals surface area contributed by atoms with E-state index < -0.39 is 22.2 Å². The van der Waals surface area contributed by atoms with Crippen molar-refractivity contribution < 1.29 is 13.2 Å². The normalized spacial score (nSPS) is 35.8. The smallest absolute Gasteiger partial charge is 0.216 e. The first-order valence-corrected chi connectivity index (χ1v) is 4.43. The van der Waals surface area contributed by atoms with Gasteiger partial charge in [0.25, 0.3) is 5.13 Å². The highest BCUT2D eigenvalue weighted by Gasteiger charge is 2.49. The second-order valence-electron chi connectivity index (χ2n) is 2.59. The van der Waals surface area contributed by atoms with Crippen LogP contribution >= 0.6 is 34.8 Å². The first-order valence-electron chi connectivity index (χ1n) is 3.24. The first kappa shape index (κ1) is 11.2. The molecule has 0 amide bonds. The molecule has 2 unspecified atom stereocenters. The van der Waals surface area contributed by atoms with Crippen LogP contribution in [0.5, 0.6) is 0 Å². The van der Waals surface area contributed by atoms with Gasteiger partial charge in [0.1, 0.15) is 5.38 Å². The molecule has 1 rings (SSSR count). The van der Waals surface area contributed by atoms with Crippen LogP contribution in [0.15, 0.2) is 22.3 Å². The molecule has 1 aliphatic carbocycles. The largest absolute Gasteiger partial charge is 0.258 e. The highest BCUT2D eigenvalue weighted by atomic mass is 35.5. The van der Waals surface area contributed by atoms with E-state index in [4.69, 9.17) is 34.8 Å². The third-order valence-electron chi connectivity index (χ3n) is 1.71. The van der Waals surface area contributed by atoms with Crippen LogP contribution in [0.4, 0.5) is 13.2 Å². The van der Waals surface area contributed by atoms with Gasteiger partial charge in [0, 0.05) is 10.6 Å². The minimum Gasteiger partial charge on any atom is -0.216 e. The van der Waals surface area contributed by atoms with Gasteiger partial charge in [-0.3, -0.25) is 0 Å². The minimum absolute atomic E-state index is 0.229. The van der Waals surface area contributed by atoms with Gasteiger partial charge in [-0.25, -0.2) is 13.2 Å². The molecule has 13 heavy (non-hydrogen) atoms. The molecule has 0 saturated heterocycles. The van der Waals surface area contributed by atoms with Gasteiger partial charge in [-0.05, 0) is 6.92 Å². The molecule has 1 aliphatic rings. The third kappa shape index (κ3) is 1.58. The fourth-order valence-corrected chi connectivity index (χ4v) is 1.62. The standard InChI is InChI=1S/C7H4Cl3F3/c1-2-3(8)5(9)7(10,13)6(12)4(2)11/h5H,1H3. The molecule has 0 aromatic carbocycles. The van der Waals surface area contributed by atoms with Crippen molar-refractivity contribution in [3.05, 3.63) is 22.3 Å². The van der Waals surface area contributed by atoms with E-state index in [2.05, 4.69) is 0 Å². The Balaban J connectivity index is 3.32. The summed E-state index contributed by atoms with van der Waals surface area (Å²) in [6.07, 6.45) is 0. The number of hydrogen-bond acceptors (Lipinski definition) is 0. The van der Waals surface area contributed by atoms with Crippen LogP contribution in [-0.2, 0) is 0 Å². The van der Waals surface area contributed by atoms with E-state index in [0.29, 0.717) is 0 Å². The van der Waals surface area contributed by atoms with Crippen LogP contribution < -0.4 is 0 Å². The van der Waals surface area contributed by atoms with Gasteiger partial charge in [0.2, 0.25) is 0 Å². The maximum Gasteiger partial charge on any atom is 0.258 e. The van der Waals surface area contributed by atoms with E-state index >= 15 is 0 Å². The predicted molar refractivity (Wildman–Crippen MR) is 47.1 cm³/mol. The number of allylic oxidation sites excluding steroid dienone is 4. The zero-order valence-electron chi connectivity index (χ0n) is 6.35. The van der Waals surface area contributed by atoms with Gasteiger partial charge >= 0.3 is 0 Å². The summed E-state index contributed by atoms with van der Waals surface area (Å²) in [5.74, 6) is -3.12. The summed E-state index contributed by atoms with van der Waals surface area (Å²) in [5.41, 5.74) is -0.229. The third-order valence-corrected chi connectivity index (χ3v) is 3.34. The van der Waals surface area contributed by atoms with Crippen molar-refractivity contribution in [1.82, 2.24) is 0 Å². The van der Waals surface area contributed by atoms with E-state index in [0.717, 1.165) is 0 Å². The molecule has 74 valence electrons. The Labute approximate surface area is 88.0 Å². The van der Waals surface area contributed by atoms with Gasteiger partial charge in [0.15, 0.2) is 11.7 Å². The van der Waals surface area contributed by atoms with Gasteiger partial charge in [-0.15, -0.1) is 11.6 Å². The molecule has 0 nitrogen and oxygen atoms in total. The Morgan fingerprint density at radius 2 is 1.85 bits per heavy atom. The Morgan fingerprint density at radius 1 is 1.38 bits per heavy atom. The van der Waals surface area contributed by atoms with Crippen LogP contribution in [0.25, 0.3) is 0 Å². The first-order chi connectivity index (χ1) is 5.80. The molecule has 6 heteroatoms. The summed E-state index contributed by atoms with van der Waals surface area (Å²) >= 11 is 15.9. The average molecular weight is 251 g/mol. The highest BCUT2D eigenvalue weighted by Crippen LogP contribution is 2.47. The number of hydrogen-bond donors (Lipinski definition) is 0. The summed E-state index contributed by atoms with van der Waals surface area (Å²) in [5, 5.41) is -5.02. The van der Waals surface area contributed by atoms with Gasteiger partial charge in [-0.2, -0.15) is 0 Å². The van der Waals surface area contributed by atoms with Crippen LogP contribution in [0, 0.1) is 0 Å². The van der Waals surface area contributed by atoms with E-state index in [1.165, 1.54) is 6.92 Å². The lowest BCUT2D eigenvalue weighted by atomic mass is 10.0. The molecule has 0 aliphatic heterocycles. The Morgan fingerprint density at radius 3 is 2.31 bits per heavy atom. The molecule has 0 spiro atoms. The summed E-state index contributed by atoms with van der Waals surface area (Å²) < 4.78 is 38.9. The summed E-state index contributed by atoms with van der Waals surface area (Å²) in [6, 6.07) is 0. The molecule has 0 aromatic heterocycles. The summed E-state index contributed by atoms with van der Waals surface area (Å²) in [7, 11) is 0. The van der Waals surface area contributed by atoms with Crippen molar-refractivity contribution in [2.24, 2.45) is 0 Å². The van der Waals surface area contributed by atoms with Crippen molar-refractivity contribution in [2.75, 3.05) is 0 Å². The topological polar surface area (TPSA) is 0 Å². The maximum atomic E-state index is 13.2. The predicted octanol–water partition coefficient (Wildman–Crippen LogP) is 4.18. The fraction of sp³-hybridized carbons (Fsp3) is 0.429. The maximum absolute atomic E-state index is 13.2. The van der Waals surface area contributed by atoms with Gasteiger partial charge in [0.05, 0.1) is 0 Å². The lowest BCUT2D eigenvalue weighted by molar-refractivity contribution is 0.265. The van der Waals surface area contributed by atoms with E-state index in [9.17, 15) is 13.2 Å². The van der Waals surface area contributed by atoms with Crippen LogP contribution in [0.2, 0.25) is 0 Å². The molecule has 0 bridgehead atoms. The second kappa shape index (κ2) is 3.37. The number of halogens is 6. The summed E-state index contributed by atoms with van der Waals surface area (Å²) in [6.45, 7) is 1.19. The number of rotatable bonds is 0. The van der Waals surface area contributed by atoms with E-state index in [-0.39, 0.29) is 10.6 Å². The van der Waals surface area contributed by atoms with Crippen molar-refractivity contribution in [3.8, 4) is 0 Å². The second-order valence-corrected chi connectivity index (χ2v) is 3.98. The molecular weight excluding hydrogens is 247 g/mol. The molecule has 0 saturated carbocycles. The fourth-order valence-electron chi connectivity index (χ4n) is 0.876. The Hall–Kier alpha value is 0.140. The van der Waals surface area contributed by atoms with Crippen molar-refractivity contribution in [2.45, 2.75) is 17.4 Å². The van der Waals surface area contributed by atoms with Crippen molar-refractivity contribution in [1.29, 1.82) is 0 Å².